The van der Waals surface area contributed by atoms with Crippen LogP contribution in [0.15, 0.2) is 45.3 Å². The zero-order chi connectivity index (χ0) is 14.7. The number of hydrogen-bond acceptors (Lipinski definition) is 2. The van der Waals surface area contributed by atoms with E-state index in [2.05, 4.69) is 37.2 Å². The lowest BCUT2D eigenvalue weighted by atomic mass is 10.2. The lowest BCUT2D eigenvalue weighted by Gasteiger charge is -2.09. The van der Waals surface area contributed by atoms with Gasteiger partial charge in [0, 0.05) is 8.95 Å². The van der Waals surface area contributed by atoms with Gasteiger partial charge in [-0.1, -0.05) is 27.5 Å². The Labute approximate surface area is 137 Å². The molecule has 20 heavy (non-hydrogen) atoms. The number of carbonyl (C=O) groups excluding carboxylic acids is 1. The highest BCUT2D eigenvalue weighted by Gasteiger charge is 2.12. The van der Waals surface area contributed by atoms with Crippen molar-refractivity contribution in [3.63, 3.8) is 0 Å². The van der Waals surface area contributed by atoms with Gasteiger partial charge in [-0.3, -0.25) is 4.79 Å². The number of nitrogens with one attached hydrogen (secondary N) is 1. The van der Waals surface area contributed by atoms with Gasteiger partial charge >= 0.3 is 0 Å². The summed E-state index contributed by atoms with van der Waals surface area (Å²) in [5.41, 5.74) is 1.32. The first-order valence-electron chi connectivity index (χ1n) is 5.47. The average Bonchev–Trinajstić information content (AvgIpc) is 2.41. The number of hydrogen-bond donors (Lipinski definition) is 1. The fraction of sp³-hybridized carbons (Fsp3) is 0. The third kappa shape index (κ3) is 3.40. The number of anilines is 1. The summed E-state index contributed by atoms with van der Waals surface area (Å²) in [5.74, 6) is -0.304. The summed E-state index contributed by atoms with van der Waals surface area (Å²) in [6.07, 6.45) is 0. The van der Waals surface area contributed by atoms with E-state index in [-0.39, 0.29) is 5.91 Å². The van der Waals surface area contributed by atoms with Crippen LogP contribution in [0.3, 0.4) is 0 Å². The van der Waals surface area contributed by atoms with Gasteiger partial charge in [-0.15, -0.1) is 0 Å². The molecule has 0 spiro atoms. The van der Waals surface area contributed by atoms with E-state index in [1.54, 1.807) is 30.3 Å². The lowest BCUT2D eigenvalue weighted by Crippen LogP contribution is -2.13. The van der Waals surface area contributed by atoms with Crippen molar-refractivity contribution < 1.29 is 4.79 Å². The Morgan fingerprint density at radius 2 is 1.95 bits per heavy atom. The molecule has 0 radical (unpaired) electrons. The van der Waals surface area contributed by atoms with Crippen molar-refractivity contribution in [1.29, 1.82) is 5.26 Å². The maximum Gasteiger partial charge on any atom is 0.256 e. The van der Waals surface area contributed by atoms with Crippen molar-refractivity contribution in [2.75, 3.05) is 5.32 Å². The quantitative estimate of drug-likeness (QED) is 0.753. The summed E-state index contributed by atoms with van der Waals surface area (Å²) in [5, 5.41) is 11.9. The van der Waals surface area contributed by atoms with Gasteiger partial charge in [-0.25, -0.2) is 0 Å². The van der Waals surface area contributed by atoms with Gasteiger partial charge < -0.3 is 5.32 Å². The van der Waals surface area contributed by atoms with Crippen molar-refractivity contribution in [3.8, 4) is 6.07 Å². The highest BCUT2D eigenvalue weighted by molar-refractivity contribution is 9.11. The summed E-state index contributed by atoms with van der Waals surface area (Å²) < 4.78 is 1.53. The largest absolute Gasteiger partial charge is 0.321 e. The predicted molar refractivity (Wildman–Crippen MR) is 86.0 cm³/mol. The number of rotatable bonds is 2. The van der Waals surface area contributed by atoms with E-state index in [9.17, 15) is 4.79 Å². The molecular weight excluding hydrogens is 407 g/mol. The van der Waals surface area contributed by atoms with E-state index in [0.717, 1.165) is 4.47 Å². The van der Waals surface area contributed by atoms with Gasteiger partial charge in [0.1, 0.15) is 0 Å². The van der Waals surface area contributed by atoms with Crippen LogP contribution < -0.4 is 5.32 Å². The number of benzene rings is 2. The van der Waals surface area contributed by atoms with Crippen LogP contribution >= 0.6 is 43.5 Å². The molecule has 1 amide bonds. The second kappa shape index (κ2) is 6.40. The van der Waals surface area contributed by atoms with Crippen LogP contribution in [-0.4, -0.2) is 5.91 Å². The molecule has 2 aromatic rings. The summed E-state index contributed by atoms with van der Waals surface area (Å²) in [6, 6.07) is 11.9. The van der Waals surface area contributed by atoms with Crippen molar-refractivity contribution in [3.05, 3.63) is 61.5 Å². The van der Waals surface area contributed by atoms with Crippen molar-refractivity contribution >= 4 is 55.1 Å². The Kier molecular flexibility index (Phi) is 4.81. The van der Waals surface area contributed by atoms with Crippen LogP contribution in [0.25, 0.3) is 0 Å². The SMILES string of the molecule is N#Cc1ccc(Cl)c(NC(=O)c2ccc(Br)cc2Br)c1. The minimum atomic E-state index is -0.304. The second-order valence-electron chi connectivity index (χ2n) is 3.88. The number of nitriles is 1. The Morgan fingerprint density at radius 1 is 1.20 bits per heavy atom. The van der Waals surface area contributed by atoms with Gasteiger partial charge in [0.25, 0.3) is 5.91 Å². The standard InChI is InChI=1S/C14H7Br2ClN2O/c15-9-2-3-10(11(16)6-9)14(20)19-13-5-8(7-18)1-4-12(13)17/h1-6H,(H,19,20). The van der Waals surface area contributed by atoms with Gasteiger partial charge in [0.15, 0.2) is 0 Å². The van der Waals surface area contributed by atoms with E-state index in [0.29, 0.717) is 26.3 Å². The summed E-state index contributed by atoms with van der Waals surface area (Å²) in [4.78, 5) is 12.2. The molecule has 0 saturated carbocycles. The minimum absolute atomic E-state index is 0.304. The topological polar surface area (TPSA) is 52.9 Å². The van der Waals surface area contributed by atoms with Gasteiger partial charge in [-0.2, -0.15) is 5.26 Å². The molecule has 0 heterocycles. The molecule has 0 aliphatic rings. The van der Waals surface area contributed by atoms with Crippen LogP contribution in [0.1, 0.15) is 15.9 Å². The highest BCUT2D eigenvalue weighted by atomic mass is 79.9. The molecule has 2 rings (SSSR count). The number of carbonyl (C=O) groups is 1. The second-order valence-corrected chi connectivity index (χ2v) is 6.06. The molecular formula is C14H7Br2ClN2O. The highest BCUT2D eigenvalue weighted by Crippen LogP contribution is 2.26. The van der Waals surface area contributed by atoms with Crippen LogP contribution in [-0.2, 0) is 0 Å². The zero-order valence-corrected chi connectivity index (χ0v) is 13.9. The maximum atomic E-state index is 12.2. The van der Waals surface area contributed by atoms with E-state index in [1.165, 1.54) is 6.07 Å². The molecule has 0 aliphatic carbocycles. The van der Waals surface area contributed by atoms with Crippen LogP contribution in [0, 0.1) is 11.3 Å². The molecule has 0 atom stereocenters. The van der Waals surface area contributed by atoms with Crippen LogP contribution in [0.2, 0.25) is 5.02 Å². The third-order valence-corrected chi connectivity index (χ3v) is 4.00. The van der Waals surface area contributed by atoms with E-state index < -0.39 is 0 Å². The molecule has 0 saturated heterocycles. The van der Waals surface area contributed by atoms with Crippen molar-refractivity contribution in [2.24, 2.45) is 0 Å². The molecule has 0 aliphatic heterocycles. The van der Waals surface area contributed by atoms with Gasteiger partial charge in [0.05, 0.1) is 27.9 Å². The molecule has 0 bridgehead atoms. The molecule has 0 aromatic heterocycles. The molecule has 0 unspecified atom stereocenters. The average molecular weight is 414 g/mol. The number of amides is 1. The first-order valence-corrected chi connectivity index (χ1v) is 7.43. The molecule has 3 nitrogen and oxygen atoms in total. The van der Waals surface area contributed by atoms with E-state index in [1.807, 2.05) is 6.07 Å². The maximum absolute atomic E-state index is 12.2. The predicted octanol–water partition coefficient (Wildman–Crippen LogP) is 4.99. The third-order valence-electron chi connectivity index (χ3n) is 2.52. The first kappa shape index (κ1) is 15.0. The monoisotopic (exact) mass is 412 g/mol. The van der Waals surface area contributed by atoms with Gasteiger partial charge in [-0.05, 0) is 52.3 Å². The fourth-order valence-corrected chi connectivity index (χ4v) is 2.95. The van der Waals surface area contributed by atoms with Crippen LogP contribution in [0.5, 0.6) is 0 Å². The van der Waals surface area contributed by atoms with Crippen molar-refractivity contribution in [1.82, 2.24) is 0 Å². The molecule has 100 valence electrons. The number of nitrogens with zero attached hydrogens (tertiary/aromatic N) is 1. The normalized spacial score (nSPS) is 9.90. The summed E-state index contributed by atoms with van der Waals surface area (Å²) >= 11 is 12.7. The first-order chi connectivity index (χ1) is 9.51. The molecule has 0 fully saturated rings. The fourth-order valence-electron chi connectivity index (χ4n) is 1.55. The van der Waals surface area contributed by atoms with Crippen LogP contribution in [0.4, 0.5) is 5.69 Å². The Balaban J connectivity index is 2.30. The number of halogens is 3. The smallest absolute Gasteiger partial charge is 0.256 e. The van der Waals surface area contributed by atoms with Crippen molar-refractivity contribution in [2.45, 2.75) is 0 Å². The summed E-state index contributed by atoms with van der Waals surface area (Å²) in [7, 11) is 0. The summed E-state index contributed by atoms with van der Waals surface area (Å²) in [6.45, 7) is 0. The molecule has 2 aromatic carbocycles. The minimum Gasteiger partial charge on any atom is -0.321 e. The van der Waals surface area contributed by atoms with Gasteiger partial charge in [0.2, 0.25) is 0 Å². The Morgan fingerprint density at radius 3 is 2.60 bits per heavy atom. The molecule has 1 N–H and O–H groups in total. The lowest BCUT2D eigenvalue weighted by molar-refractivity contribution is 0.102. The zero-order valence-electron chi connectivity index (χ0n) is 9.95. The van der Waals surface area contributed by atoms with E-state index in [4.69, 9.17) is 16.9 Å². The molecule has 6 heteroatoms. The van der Waals surface area contributed by atoms with E-state index >= 15 is 0 Å². The Bertz CT molecular complexity index is 726. The Hall–Kier alpha value is -1.35.